The maximum atomic E-state index is 12.4. The van der Waals surface area contributed by atoms with E-state index in [9.17, 15) is 4.79 Å². The summed E-state index contributed by atoms with van der Waals surface area (Å²) >= 11 is 4.40. The van der Waals surface area contributed by atoms with Crippen molar-refractivity contribution in [2.24, 2.45) is 0 Å². The van der Waals surface area contributed by atoms with Gasteiger partial charge < -0.3 is 4.74 Å². The molecule has 0 saturated carbocycles. The molecule has 3 rings (SSSR count). The predicted molar refractivity (Wildman–Crippen MR) is 81.5 cm³/mol. The van der Waals surface area contributed by atoms with Crippen LogP contribution in [0.3, 0.4) is 0 Å². The number of aromatic nitrogens is 1. The lowest BCUT2D eigenvalue weighted by molar-refractivity contribution is 0.0860. The molecule has 1 aliphatic heterocycles. The van der Waals surface area contributed by atoms with Crippen LogP contribution in [-0.4, -0.2) is 23.5 Å². The molecule has 104 valence electrons. The SMILES string of the molecule is O=C(CCC1CCCO1)c1ccc(S)c2ncccc12. The Morgan fingerprint density at radius 3 is 3.10 bits per heavy atom. The van der Waals surface area contributed by atoms with Crippen LogP contribution >= 0.6 is 12.6 Å². The first-order chi connectivity index (χ1) is 9.75. The van der Waals surface area contributed by atoms with E-state index in [1.54, 1.807) is 6.20 Å². The minimum Gasteiger partial charge on any atom is -0.378 e. The van der Waals surface area contributed by atoms with Crippen molar-refractivity contribution in [2.75, 3.05) is 6.61 Å². The Labute approximate surface area is 123 Å². The Balaban J connectivity index is 1.82. The Kier molecular flexibility index (Phi) is 4.03. The van der Waals surface area contributed by atoms with Crippen molar-refractivity contribution in [1.29, 1.82) is 0 Å². The summed E-state index contributed by atoms with van der Waals surface area (Å²) in [4.78, 5) is 17.5. The van der Waals surface area contributed by atoms with Crippen LogP contribution in [-0.2, 0) is 4.74 Å². The maximum Gasteiger partial charge on any atom is 0.163 e. The lowest BCUT2D eigenvalue weighted by Gasteiger charge is -2.10. The number of Topliss-reactive ketones (excluding diaryl/α,β-unsaturated/α-hetero) is 1. The Morgan fingerprint density at radius 2 is 2.30 bits per heavy atom. The maximum absolute atomic E-state index is 12.4. The zero-order chi connectivity index (χ0) is 13.9. The van der Waals surface area contributed by atoms with E-state index in [2.05, 4.69) is 17.6 Å². The van der Waals surface area contributed by atoms with E-state index in [0.717, 1.165) is 47.2 Å². The first kappa shape index (κ1) is 13.6. The van der Waals surface area contributed by atoms with E-state index in [1.165, 1.54) is 0 Å². The van der Waals surface area contributed by atoms with Crippen LogP contribution < -0.4 is 0 Å². The molecule has 1 fully saturated rings. The molecule has 2 aromatic rings. The molecule has 3 nitrogen and oxygen atoms in total. The van der Waals surface area contributed by atoms with Crippen molar-refractivity contribution in [3.8, 4) is 0 Å². The molecule has 0 amide bonds. The monoisotopic (exact) mass is 287 g/mol. The second-order valence-corrected chi connectivity index (χ2v) is 5.61. The number of fused-ring (bicyclic) bond motifs is 1. The number of hydrogen-bond donors (Lipinski definition) is 1. The van der Waals surface area contributed by atoms with Crippen LogP contribution in [0.25, 0.3) is 10.9 Å². The molecule has 1 aromatic carbocycles. The zero-order valence-corrected chi connectivity index (χ0v) is 12.1. The molecule has 0 spiro atoms. The van der Waals surface area contributed by atoms with Crippen LogP contribution in [0.1, 0.15) is 36.0 Å². The second-order valence-electron chi connectivity index (χ2n) is 5.13. The van der Waals surface area contributed by atoms with Gasteiger partial charge in [0.1, 0.15) is 0 Å². The van der Waals surface area contributed by atoms with Gasteiger partial charge in [0.25, 0.3) is 0 Å². The molecule has 4 heteroatoms. The van der Waals surface area contributed by atoms with Gasteiger partial charge in [-0.2, -0.15) is 0 Å². The van der Waals surface area contributed by atoms with Gasteiger partial charge in [-0.3, -0.25) is 9.78 Å². The average molecular weight is 287 g/mol. The van der Waals surface area contributed by atoms with Gasteiger partial charge >= 0.3 is 0 Å². The van der Waals surface area contributed by atoms with Crippen molar-refractivity contribution in [1.82, 2.24) is 4.98 Å². The highest BCUT2D eigenvalue weighted by atomic mass is 32.1. The molecule has 0 N–H and O–H groups in total. The molecule has 1 saturated heterocycles. The minimum atomic E-state index is 0.159. The molecule has 1 atom stereocenters. The van der Waals surface area contributed by atoms with E-state index in [-0.39, 0.29) is 11.9 Å². The molecule has 20 heavy (non-hydrogen) atoms. The summed E-state index contributed by atoms with van der Waals surface area (Å²) in [6.07, 6.45) is 5.50. The van der Waals surface area contributed by atoms with Crippen LogP contribution in [0, 0.1) is 0 Å². The third-order valence-corrected chi connectivity index (χ3v) is 4.13. The quantitative estimate of drug-likeness (QED) is 0.689. The summed E-state index contributed by atoms with van der Waals surface area (Å²) in [6.45, 7) is 0.833. The van der Waals surface area contributed by atoms with Gasteiger partial charge in [0.15, 0.2) is 5.78 Å². The molecule has 1 aliphatic rings. The van der Waals surface area contributed by atoms with Gasteiger partial charge in [-0.25, -0.2) is 0 Å². The number of carbonyl (C=O) groups is 1. The van der Waals surface area contributed by atoms with Crippen LogP contribution in [0.2, 0.25) is 0 Å². The normalized spacial score (nSPS) is 18.6. The lowest BCUT2D eigenvalue weighted by atomic mass is 9.99. The highest BCUT2D eigenvalue weighted by molar-refractivity contribution is 7.80. The number of benzene rings is 1. The minimum absolute atomic E-state index is 0.159. The van der Waals surface area contributed by atoms with Gasteiger partial charge in [-0.05, 0) is 37.5 Å². The highest BCUT2D eigenvalue weighted by Gasteiger charge is 2.18. The standard InChI is InChI=1S/C16H17NO2S/c18-14(7-5-11-3-2-10-19-11)12-6-8-15(20)16-13(12)4-1-9-17-16/h1,4,6,8-9,11,20H,2-3,5,7,10H2. The smallest absolute Gasteiger partial charge is 0.163 e. The molecule has 1 unspecified atom stereocenters. The van der Waals surface area contributed by atoms with Gasteiger partial charge in [0.2, 0.25) is 0 Å². The number of ether oxygens (including phenoxy) is 1. The third-order valence-electron chi connectivity index (χ3n) is 3.77. The number of nitrogens with zero attached hydrogens (tertiary/aromatic N) is 1. The third kappa shape index (κ3) is 2.72. The zero-order valence-electron chi connectivity index (χ0n) is 11.2. The molecular weight excluding hydrogens is 270 g/mol. The lowest BCUT2D eigenvalue weighted by Crippen LogP contribution is -2.09. The number of hydrogen-bond acceptors (Lipinski definition) is 4. The van der Waals surface area contributed by atoms with Crippen molar-refractivity contribution in [3.63, 3.8) is 0 Å². The van der Waals surface area contributed by atoms with E-state index >= 15 is 0 Å². The summed E-state index contributed by atoms with van der Waals surface area (Å²) in [7, 11) is 0. The first-order valence-electron chi connectivity index (χ1n) is 6.97. The van der Waals surface area contributed by atoms with Crippen molar-refractivity contribution in [2.45, 2.75) is 36.7 Å². The van der Waals surface area contributed by atoms with Crippen LogP contribution in [0.15, 0.2) is 35.4 Å². The Hall–Kier alpha value is -1.39. The summed E-state index contributed by atoms with van der Waals surface area (Å²) in [5.41, 5.74) is 1.53. The molecule has 2 heterocycles. The summed E-state index contributed by atoms with van der Waals surface area (Å²) < 4.78 is 5.57. The highest BCUT2D eigenvalue weighted by Crippen LogP contribution is 2.25. The van der Waals surface area contributed by atoms with Crippen molar-refractivity contribution >= 4 is 29.3 Å². The molecule has 1 aromatic heterocycles. The molecule has 0 radical (unpaired) electrons. The summed E-state index contributed by atoms with van der Waals surface area (Å²) in [5, 5.41) is 0.886. The van der Waals surface area contributed by atoms with Gasteiger partial charge in [-0.1, -0.05) is 6.07 Å². The van der Waals surface area contributed by atoms with Gasteiger partial charge in [0.05, 0.1) is 11.6 Å². The van der Waals surface area contributed by atoms with E-state index in [0.29, 0.717) is 6.42 Å². The van der Waals surface area contributed by atoms with E-state index in [1.807, 2.05) is 24.3 Å². The molecular formula is C16H17NO2S. The van der Waals surface area contributed by atoms with E-state index < -0.39 is 0 Å². The largest absolute Gasteiger partial charge is 0.378 e. The summed E-state index contributed by atoms with van der Waals surface area (Å²) in [5.74, 6) is 0.159. The number of ketones is 1. The number of thiol groups is 1. The summed E-state index contributed by atoms with van der Waals surface area (Å²) in [6, 6.07) is 7.48. The van der Waals surface area contributed by atoms with Crippen LogP contribution in [0.4, 0.5) is 0 Å². The van der Waals surface area contributed by atoms with Crippen molar-refractivity contribution in [3.05, 3.63) is 36.0 Å². The fourth-order valence-corrected chi connectivity index (χ4v) is 2.95. The number of pyridine rings is 1. The predicted octanol–water partition coefficient (Wildman–Crippen LogP) is 3.67. The number of carbonyl (C=O) groups excluding carboxylic acids is 1. The van der Waals surface area contributed by atoms with E-state index in [4.69, 9.17) is 4.74 Å². The first-order valence-corrected chi connectivity index (χ1v) is 7.42. The molecule has 0 bridgehead atoms. The van der Waals surface area contributed by atoms with Crippen molar-refractivity contribution < 1.29 is 9.53 Å². The fraction of sp³-hybridized carbons (Fsp3) is 0.375. The van der Waals surface area contributed by atoms with Crippen LogP contribution in [0.5, 0.6) is 0 Å². The number of rotatable bonds is 4. The second kappa shape index (κ2) is 5.94. The topological polar surface area (TPSA) is 39.2 Å². The van der Waals surface area contributed by atoms with Gasteiger partial charge in [-0.15, -0.1) is 12.6 Å². The molecule has 0 aliphatic carbocycles. The van der Waals surface area contributed by atoms with Gasteiger partial charge in [0, 0.05) is 35.1 Å². The Bertz CT molecular complexity index is 635. The fourth-order valence-electron chi connectivity index (χ4n) is 2.70. The average Bonchev–Trinajstić information content (AvgIpc) is 2.99. The Morgan fingerprint density at radius 1 is 1.40 bits per heavy atom.